The van der Waals surface area contributed by atoms with Crippen molar-refractivity contribution in [3.05, 3.63) is 29.8 Å². The van der Waals surface area contributed by atoms with E-state index >= 15 is 0 Å². The van der Waals surface area contributed by atoms with Crippen LogP contribution in [-0.2, 0) is 4.74 Å². The number of aliphatic hydroxyl groups is 1. The molecule has 0 radical (unpaired) electrons. The highest BCUT2D eigenvalue weighted by molar-refractivity contribution is 6.01. The molecule has 0 saturated carbocycles. The zero-order chi connectivity index (χ0) is 13.4. The van der Waals surface area contributed by atoms with Crippen molar-refractivity contribution in [2.75, 3.05) is 20.3 Å². The zero-order valence-electron chi connectivity index (χ0n) is 10.9. The second-order valence-corrected chi connectivity index (χ2v) is 4.01. The highest BCUT2D eigenvalue weighted by Crippen LogP contribution is 2.20. The number of methoxy groups -OCH3 is 1. The molecule has 1 unspecified atom stereocenters. The van der Waals surface area contributed by atoms with Gasteiger partial charge in [-0.15, -0.1) is 0 Å². The lowest BCUT2D eigenvalue weighted by molar-refractivity contribution is 0.0723. The van der Waals surface area contributed by atoms with Crippen molar-refractivity contribution in [3.63, 3.8) is 0 Å². The normalized spacial score (nSPS) is 12.2. The van der Waals surface area contributed by atoms with Crippen molar-refractivity contribution in [3.8, 4) is 5.75 Å². The monoisotopic (exact) mass is 252 g/mol. The van der Waals surface area contributed by atoms with Crippen LogP contribution in [0.3, 0.4) is 0 Å². The number of para-hydroxylation sites is 1. The van der Waals surface area contributed by atoms with Crippen LogP contribution in [0, 0.1) is 0 Å². The number of ketones is 1. The molecule has 1 atom stereocenters. The minimum atomic E-state index is -0.956. The van der Waals surface area contributed by atoms with Crippen molar-refractivity contribution < 1.29 is 19.4 Å². The Morgan fingerprint density at radius 3 is 2.72 bits per heavy atom. The zero-order valence-corrected chi connectivity index (χ0v) is 10.9. The second kappa shape index (κ2) is 7.84. The summed E-state index contributed by atoms with van der Waals surface area (Å²) < 4.78 is 10.4. The van der Waals surface area contributed by atoms with Crippen LogP contribution in [0.5, 0.6) is 5.75 Å². The third-order valence-corrected chi connectivity index (χ3v) is 2.56. The average Bonchev–Trinajstić information content (AvgIpc) is 2.39. The molecule has 4 heteroatoms. The van der Waals surface area contributed by atoms with E-state index in [0.717, 1.165) is 6.42 Å². The molecule has 1 N–H and O–H groups in total. The topological polar surface area (TPSA) is 55.8 Å². The second-order valence-electron chi connectivity index (χ2n) is 4.01. The van der Waals surface area contributed by atoms with Crippen LogP contribution in [0.15, 0.2) is 24.3 Å². The molecule has 18 heavy (non-hydrogen) atoms. The molecule has 4 nitrogen and oxygen atoms in total. The van der Waals surface area contributed by atoms with Crippen molar-refractivity contribution in [2.45, 2.75) is 25.9 Å². The summed E-state index contributed by atoms with van der Waals surface area (Å²) in [5.41, 5.74) is 0.426. The third-order valence-electron chi connectivity index (χ3n) is 2.56. The minimum Gasteiger partial charge on any atom is -0.490 e. The number of rotatable bonds is 8. The number of Topliss-reactive ketones (excluding diaryl/α,β-unsaturated/α-hetero) is 1. The summed E-state index contributed by atoms with van der Waals surface area (Å²) in [5.74, 6) is 0.208. The van der Waals surface area contributed by atoms with E-state index in [0.29, 0.717) is 30.9 Å². The number of benzene rings is 1. The van der Waals surface area contributed by atoms with Gasteiger partial charge in [-0.3, -0.25) is 4.79 Å². The molecule has 0 fully saturated rings. The smallest absolute Gasteiger partial charge is 0.194 e. The molecule has 1 aromatic rings. The van der Waals surface area contributed by atoms with Crippen LogP contribution in [0.1, 0.15) is 30.1 Å². The first kappa shape index (κ1) is 14.7. The number of ether oxygens (including phenoxy) is 2. The number of hydrogen-bond acceptors (Lipinski definition) is 4. The highest BCUT2D eigenvalue weighted by Gasteiger charge is 2.19. The number of aliphatic hydroxyl groups excluding tert-OH is 1. The maximum atomic E-state index is 12.0. The highest BCUT2D eigenvalue weighted by atomic mass is 16.5. The fourth-order valence-corrected chi connectivity index (χ4v) is 1.62. The maximum absolute atomic E-state index is 12.0. The first-order valence-electron chi connectivity index (χ1n) is 6.13. The molecule has 0 aliphatic carbocycles. The van der Waals surface area contributed by atoms with Crippen LogP contribution in [0.25, 0.3) is 0 Å². The Balaban J connectivity index is 2.77. The lowest BCUT2D eigenvalue weighted by Gasteiger charge is -2.13. The predicted octanol–water partition coefficient (Wildman–Crippen LogP) is 2.06. The molecule has 1 rings (SSSR count). The molecule has 0 aliphatic heterocycles. The van der Waals surface area contributed by atoms with Gasteiger partial charge in [-0.1, -0.05) is 25.5 Å². The standard InChI is InChI=1S/C14H20O4/c1-3-6-12(15)14(16)11-7-4-5-8-13(11)18-10-9-17-2/h4-5,7-8,12,15H,3,6,9-10H2,1-2H3. The van der Waals surface area contributed by atoms with Crippen molar-refractivity contribution >= 4 is 5.78 Å². The van der Waals surface area contributed by atoms with Crippen LogP contribution in [0.4, 0.5) is 0 Å². The van der Waals surface area contributed by atoms with E-state index in [2.05, 4.69) is 0 Å². The molecular weight excluding hydrogens is 232 g/mol. The number of carbonyl (C=O) groups is 1. The van der Waals surface area contributed by atoms with Gasteiger partial charge in [0.2, 0.25) is 0 Å². The van der Waals surface area contributed by atoms with Gasteiger partial charge in [0.25, 0.3) is 0 Å². The van der Waals surface area contributed by atoms with E-state index in [1.165, 1.54) is 0 Å². The lowest BCUT2D eigenvalue weighted by atomic mass is 10.0. The largest absolute Gasteiger partial charge is 0.490 e. The van der Waals surface area contributed by atoms with E-state index in [-0.39, 0.29) is 5.78 Å². The summed E-state index contributed by atoms with van der Waals surface area (Å²) in [6.07, 6.45) is 0.271. The van der Waals surface area contributed by atoms with Crippen LogP contribution in [-0.4, -0.2) is 37.3 Å². The van der Waals surface area contributed by atoms with Gasteiger partial charge in [0.15, 0.2) is 5.78 Å². The van der Waals surface area contributed by atoms with E-state index < -0.39 is 6.10 Å². The molecule has 0 spiro atoms. The summed E-state index contributed by atoms with van der Waals surface area (Å²) in [4.78, 5) is 12.0. The van der Waals surface area contributed by atoms with Gasteiger partial charge in [-0.25, -0.2) is 0 Å². The lowest BCUT2D eigenvalue weighted by Crippen LogP contribution is -2.21. The van der Waals surface area contributed by atoms with Gasteiger partial charge in [0.05, 0.1) is 12.2 Å². The maximum Gasteiger partial charge on any atom is 0.194 e. The molecule has 0 heterocycles. The Kier molecular flexibility index (Phi) is 6.39. The van der Waals surface area contributed by atoms with Crippen LogP contribution in [0.2, 0.25) is 0 Å². The molecule has 0 amide bonds. The Morgan fingerprint density at radius 2 is 2.06 bits per heavy atom. The third kappa shape index (κ3) is 4.13. The molecular formula is C14H20O4. The molecule has 0 bridgehead atoms. The van der Waals surface area contributed by atoms with Gasteiger partial charge in [0, 0.05) is 7.11 Å². The van der Waals surface area contributed by atoms with E-state index in [1.807, 2.05) is 6.92 Å². The number of hydrogen-bond donors (Lipinski definition) is 1. The minimum absolute atomic E-state index is 0.287. The molecule has 100 valence electrons. The van der Waals surface area contributed by atoms with E-state index in [1.54, 1.807) is 31.4 Å². The van der Waals surface area contributed by atoms with E-state index in [9.17, 15) is 9.90 Å². The Labute approximate surface area is 108 Å². The van der Waals surface area contributed by atoms with Gasteiger partial charge >= 0.3 is 0 Å². The van der Waals surface area contributed by atoms with Gasteiger partial charge in [-0.05, 0) is 18.6 Å². The van der Waals surface area contributed by atoms with Crippen LogP contribution >= 0.6 is 0 Å². The Hall–Kier alpha value is -1.39. The molecule has 0 aromatic heterocycles. The Morgan fingerprint density at radius 1 is 1.33 bits per heavy atom. The fraction of sp³-hybridized carbons (Fsp3) is 0.500. The summed E-state index contributed by atoms with van der Waals surface area (Å²) in [6, 6.07) is 6.95. The molecule has 0 saturated heterocycles. The van der Waals surface area contributed by atoms with Crippen LogP contribution < -0.4 is 4.74 Å². The van der Waals surface area contributed by atoms with Crippen molar-refractivity contribution in [1.82, 2.24) is 0 Å². The van der Waals surface area contributed by atoms with E-state index in [4.69, 9.17) is 9.47 Å². The average molecular weight is 252 g/mol. The molecule has 1 aromatic carbocycles. The first-order valence-corrected chi connectivity index (χ1v) is 6.13. The van der Waals surface area contributed by atoms with Gasteiger partial charge < -0.3 is 14.6 Å². The quantitative estimate of drug-likeness (QED) is 0.568. The van der Waals surface area contributed by atoms with Crippen molar-refractivity contribution in [2.24, 2.45) is 0 Å². The molecule has 0 aliphatic rings. The van der Waals surface area contributed by atoms with Crippen molar-refractivity contribution in [1.29, 1.82) is 0 Å². The van der Waals surface area contributed by atoms with Gasteiger partial charge in [-0.2, -0.15) is 0 Å². The summed E-state index contributed by atoms with van der Waals surface area (Å²) in [5, 5.41) is 9.74. The number of carbonyl (C=O) groups excluding carboxylic acids is 1. The summed E-state index contributed by atoms with van der Waals surface area (Å²) >= 11 is 0. The first-order chi connectivity index (χ1) is 8.70. The summed E-state index contributed by atoms with van der Waals surface area (Å²) in [6.45, 7) is 2.77. The predicted molar refractivity (Wildman–Crippen MR) is 69.1 cm³/mol. The van der Waals surface area contributed by atoms with Gasteiger partial charge in [0.1, 0.15) is 18.5 Å². The Bertz CT molecular complexity index is 376. The SMILES string of the molecule is CCCC(O)C(=O)c1ccccc1OCCOC. The fourth-order valence-electron chi connectivity index (χ4n) is 1.62. The summed E-state index contributed by atoms with van der Waals surface area (Å²) in [7, 11) is 1.59.